The zero-order chi connectivity index (χ0) is 17.5. The highest BCUT2D eigenvalue weighted by atomic mass is 16.5. The van der Waals surface area contributed by atoms with Gasteiger partial charge in [0.25, 0.3) is 0 Å². The summed E-state index contributed by atoms with van der Waals surface area (Å²) in [4.78, 5) is 12.7. The number of rotatable bonds is 7. The van der Waals surface area contributed by atoms with Crippen LogP contribution in [0.15, 0.2) is 84.9 Å². The van der Waals surface area contributed by atoms with Gasteiger partial charge in [0.15, 0.2) is 5.78 Å². The van der Waals surface area contributed by atoms with E-state index >= 15 is 0 Å². The fraction of sp³-hybridized carbons (Fsp3) is 0.136. The van der Waals surface area contributed by atoms with Crippen molar-refractivity contribution in [3.05, 3.63) is 96.1 Å². The van der Waals surface area contributed by atoms with Crippen molar-refractivity contribution >= 4 is 11.5 Å². The molecule has 1 N–H and O–H groups in total. The third-order valence-electron chi connectivity index (χ3n) is 4.12. The summed E-state index contributed by atoms with van der Waals surface area (Å²) in [5, 5.41) is 3.47. The summed E-state index contributed by atoms with van der Waals surface area (Å²) >= 11 is 0. The van der Waals surface area contributed by atoms with E-state index in [0.29, 0.717) is 6.42 Å². The predicted octanol–water partition coefficient (Wildman–Crippen LogP) is 5.12. The minimum Gasteiger partial charge on any atom is -0.495 e. The monoisotopic (exact) mass is 331 g/mol. The van der Waals surface area contributed by atoms with Gasteiger partial charge in [0.2, 0.25) is 0 Å². The van der Waals surface area contributed by atoms with Gasteiger partial charge in [0.1, 0.15) is 5.75 Å². The highest BCUT2D eigenvalue weighted by Crippen LogP contribution is 2.30. The third kappa shape index (κ3) is 4.27. The molecule has 0 spiro atoms. The fourth-order valence-electron chi connectivity index (χ4n) is 2.82. The minimum atomic E-state index is -0.134. The van der Waals surface area contributed by atoms with Crippen molar-refractivity contribution in [1.29, 1.82) is 0 Å². The maximum absolute atomic E-state index is 12.7. The van der Waals surface area contributed by atoms with Gasteiger partial charge in [-0.1, -0.05) is 72.8 Å². The second kappa shape index (κ2) is 8.15. The average molecular weight is 331 g/mol. The van der Waals surface area contributed by atoms with Crippen LogP contribution in [0.25, 0.3) is 0 Å². The summed E-state index contributed by atoms with van der Waals surface area (Å²) < 4.78 is 5.42. The van der Waals surface area contributed by atoms with Gasteiger partial charge in [0.05, 0.1) is 18.8 Å². The van der Waals surface area contributed by atoms with Gasteiger partial charge >= 0.3 is 0 Å². The van der Waals surface area contributed by atoms with Crippen LogP contribution in [0.3, 0.4) is 0 Å². The van der Waals surface area contributed by atoms with Crippen molar-refractivity contribution in [1.82, 2.24) is 0 Å². The molecule has 0 saturated carbocycles. The van der Waals surface area contributed by atoms with E-state index in [4.69, 9.17) is 4.74 Å². The number of ketones is 1. The summed E-state index contributed by atoms with van der Waals surface area (Å²) in [6.45, 7) is 0. The summed E-state index contributed by atoms with van der Waals surface area (Å²) in [6, 6.07) is 27.0. The van der Waals surface area contributed by atoms with Crippen LogP contribution in [-0.2, 0) is 0 Å². The first-order valence-corrected chi connectivity index (χ1v) is 8.30. The Morgan fingerprint density at radius 1 is 0.880 bits per heavy atom. The van der Waals surface area contributed by atoms with Crippen molar-refractivity contribution in [3.8, 4) is 5.75 Å². The molecule has 0 aromatic heterocycles. The molecule has 3 heteroatoms. The molecule has 3 nitrogen and oxygen atoms in total. The molecular weight excluding hydrogens is 310 g/mol. The first-order chi connectivity index (χ1) is 12.3. The highest BCUT2D eigenvalue weighted by Gasteiger charge is 2.18. The minimum absolute atomic E-state index is 0.108. The Morgan fingerprint density at radius 2 is 1.48 bits per heavy atom. The maximum Gasteiger partial charge on any atom is 0.165 e. The lowest BCUT2D eigenvalue weighted by Gasteiger charge is -2.21. The van der Waals surface area contributed by atoms with Crippen molar-refractivity contribution in [2.75, 3.05) is 12.4 Å². The number of benzene rings is 3. The first-order valence-electron chi connectivity index (χ1n) is 8.30. The van der Waals surface area contributed by atoms with E-state index in [0.717, 1.165) is 22.6 Å². The van der Waals surface area contributed by atoms with E-state index in [2.05, 4.69) is 5.32 Å². The number of methoxy groups -OCH3 is 1. The zero-order valence-corrected chi connectivity index (χ0v) is 14.2. The zero-order valence-electron chi connectivity index (χ0n) is 14.2. The summed E-state index contributed by atoms with van der Waals surface area (Å²) in [5.74, 6) is 0.868. The number of hydrogen-bond acceptors (Lipinski definition) is 3. The number of para-hydroxylation sites is 2. The average Bonchev–Trinajstić information content (AvgIpc) is 2.69. The Bertz CT molecular complexity index is 816. The van der Waals surface area contributed by atoms with Crippen molar-refractivity contribution in [3.63, 3.8) is 0 Å². The molecule has 0 fully saturated rings. The predicted molar refractivity (Wildman–Crippen MR) is 101 cm³/mol. The van der Waals surface area contributed by atoms with Crippen molar-refractivity contribution < 1.29 is 9.53 Å². The van der Waals surface area contributed by atoms with E-state index in [9.17, 15) is 4.79 Å². The van der Waals surface area contributed by atoms with Gasteiger partial charge in [-0.15, -0.1) is 0 Å². The summed E-state index contributed by atoms with van der Waals surface area (Å²) in [7, 11) is 1.65. The smallest absolute Gasteiger partial charge is 0.165 e. The molecule has 1 atom stereocenters. The SMILES string of the molecule is COc1ccccc1N[C@H](CC(=O)c1ccccc1)c1ccccc1. The van der Waals surface area contributed by atoms with Gasteiger partial charge < -0.3 is 10.1 Å². The Labute approximate surface area is 148 Å². The number of carbonyl (C=O) groups is 1. The summed E-state index contributed by atoms with van der Waals surface area (Å²) in [6.07, 6.45) is 0.367. The Morgan fingerprint density at radius 3 is 2.16 bits per heavy atom. The number of carbonyl (C=O) groups excluding carboxylic acids is 1. The number of nitrogens with one attached hydrogen (secondary N) is 1. The Kier molecular flexibility index (Phi) is 5.47. The van der Waals surface area contributed by atoms with Crippen LogP contribution in [0.2, 0.25) is 0 Å². The molecule has 3 aromatic carbocycles. The van der Waals surface area contributed by atoms with Gasteiger partial charge in [0, 0.05) is 12.0 Å². The Hall–Kier alpha value is -3.07. The lowest BCUT2D eigenvalue weighted by Crippen LogP contribution is -2.16. The molecule has 126 valence electrons. The van der Waals surface area contributed by atoms with Crippen LogP contribution in [0.1, 0.15) is 28.4 Å². The van der Waals surface area contributed by atoms with Crippen LogP contribution >= 0.6 is 0 Å². The van der Waals surface area contributed by atoms with Gasteiger partial charge in [-0.3, -0.25) is 4.79 Å². The molecule has 3 rings (SSSR count). The molecule has 3 aromatic rings. The largest absolute Gasteiger partial charge is 0.495 e. The molecular formula is C22H21NO2. The molecule has 0 bridgehead atoms. The number of hydrogen-bond donors (Lipinski definition) is 1. The standard InChI is InChI=1S/C22H21NO2/c1-25-22-15-9-8-14-19(22)23-20(17-10-4-2-5-11-17)16-21(24)18-12-6-3-7-13-18/h2-15,20,23H,16H2,1H3/t20-/m1/s1. The van der Waals surface area contributed by atoms with Crippen LogP contribution < -0.4 is 10.1 Å². The van der Waals surface area contributed by atoms with Crippen molar-refractivity contribution in [2.24, 2.45) is 0 Å². The summed E-state index contributed by atoms with van der Waals surface area (Å²) in [5.41, 5.74) is 2.67. The number of Topliss-reactive ketones (excluding diaryl/α,β-unsaturated/α-hetero) is 1. The molecule has 0 amide bonds. The number of anilines is 1. The van der Waals surface area contributed by atoms with E-state index in [1.807, 2.05) is 84.9 Å². The molecule has 0 aliphatic rings. The molecule has 0 aliphatic heterocycles. The first kappa shape index (κ1) is 16.8. The molecule has 0 radical (unpaired) electrons. The second-order valence-electron chi connectivity index (χ2n) is 5.80. The Balaban J connectivity index is 1.87. The van der Waals surface area contributed by atoms with Crippen LogP contribution in [0, 0.1) is 0 Å². The van der Waals surface area contributed by atoms with Gasteiger partial charge in [-0.25, -0.2) is 0 Å². The van der Waals surface area contributed by atoms with E-state index in [1.54, 1.807) is 7.11 Å². The number of ether oxygens (including phenoxy) is 1. The van der Waals surface area contributed by atoms with Crippen molar-refractivity contribution in [2.45, 2.75) is 12.5 Å². The quantitative estimate of drug-likeness (QED) is 0.611. The van der Waals surface area contributed by atoms with Gasteiger partial charge in [-0.05, 0) is 17.7 Å². The van der Waals surface area contributed by atoms with E-state index in [-0.39, 0.29) is 11.8 Å². The van der Waals surface area contributed by atoms with E-state index in [1.165, 1.54) is 0 Å². The highest BCUT2D eigenvalue weighted by molar-refractivity contribution is 5.96. The van der Waals surface area contributed by atoms with Gasteiger partial charge in [-0.2, -0.15) is 0 Å². The maximum atomic E-state index is 12.7. The molecule has 0 saturated heterocycles. The third-order valence-corrected chi connectivity index (χ3v) is 4.12. The fourth-order valence-corrected chi connectivity index (χ4v) is 2.82. The molecule has 0 heterocycles. The van der Waals surface area contributed by atoms with E-state index < -0.39 is 0 Å². The normalized spacial score (nSPS) is 11.6. The lowest BCUT2D eigenvalue weighted by molar-refractivity contribution is 0.0976. The molecule has 0 aliphatic carbocycles. The molecule has 0 unspecified atom stereocenters. The van der Waals surface area contributed by atoms with Crippen LogP contribution in [0.5, 0.6) is 5.75 Å². The molecule has 25 heavy (non-hydrogen) atoms. The lowest BCUT2D eigenvalue weighted by atomic mass is 9.97. The van der Waals surface area contributed by atoms with Crippen LogP contribution in [-0.4, -0.2) is 12.9 Å². The second-order valence-corrected chi connectivity index (χ2v) is 5.80. The van der Waals surface area contributed by atoms with Crippen LogP contribution in [0.4, 0.5) is 5.69 Å². The topological polar surface area (TPSA) is 38.3 Å².